The molecule has 0 radical (unpaired) electrons. The molecule has 19 heavy (non-hydrogen) atoms. The highest BCUT2D eigenvalue weighted by atomic mass is 35.5. The van der Waals surface area contributed by atoms with Crippen molar-refractivity contribution >= 4 is 29.0 Å². The van der Waals surface area contributed by atoms with E-state index in [0.29, 0.717) is 17.6 Å². The van der Waals surface area contributed by atoms with Crippen LogP contribution in [-0.2, 0) is 5.92 Å². The standard InChI is InChI=1S/C11H8Cl2F2N4/c1-11(14,15)8-9(13)18-7(4-17-8)6-3-2-5(12)10(16)19-6/h2-4H,1H3,(H2,16,19). The summed E-state index contributed by atoms with van der Waals surface area (Å²) in [5.74, 6) is -3.04. The van der Waals surface area contributed by atoms with E-state index in [4.69, 9.17) is 28.9 Å². The first-order valence-corrected chi connectivity index (χ1v) is 5.88. The van der Waals surface area contributed by atoms with Gasteiger partial charge in [0.05, 0.1) is 16.9 Å². The van der Waals surface area contributed by atoms with Gasteiger partial charge < -0.3 is 5.73 Å². The Hall–Kier alpha value is -1.53. The van der Waals surface area contributed by atoms with Crippen LogP contribution in [-0.4, -0.2) is 15.0 Å². The molecule has 2 heterocycles. The highest BCUT2D eigenvalue weighted by molar-refractivity contribution is 6.32. The molecule has 0 saturated heterocycles. The summed E-state index contributed by atoms with van der Waals surface area (Å²) in [5.41, 5.74) is 5.55. The maximum absolute atomic E-state index is 13.1. The molecule has 0 amide bonds. The summed E-state index contributed by atoms with van der Waals surface area (Å²) < 4.78 is 26.3. The lowest BCUT2D eigenvalue weighted by atomic mass is 10.2. The van der Waals surface area contributed by atoms with Gasteiger partial charge in [-0.2, -0.15) is 8.78 Å². The molecule has 0 bridgehead atoms. The number of pyridine rings is 1. The van der Waals surface area contributed by atoms with Crippen molar-refractivity contribution in [3.05, 3.63) is 34.2 Å². The molecule has 0 spiro atoms. The highest BCUT2D eigenvalue weighted by Crippen LogP contribution is 2.31. The molecule has 2 aromatic heterocycles. The fourth-order valence-corrected chi connectivity index (χ4v) is 1.80. The summed E-state index contributed by atoms with van der Waals surface area (Å²) >= 11 is 11.4. The molecule has 2 N–H and O–H groups in total. The number of aromatic nitrogens is 3. The Morgan fingerprint density at radius 1 is 1.16 bits per heavy atom. The number of nitrogen functional groups attached to an aromatic ring is 1. The Morgan fingerprint density at radius 2 is 1.84 bits per heavy atom. The van der Waals surface area contributed by atoms with Crippen LogP contribution < -0.4 is 5.73 Å². The second kappa shape index (κ2) is 4.86. The summed E-state index contributed by atoms with van der Waals surface area (Å²) in [6.45, 7) is 0.696. The maximum Gasteiger partial charge on any atom is 0.290 e. The van der Waals surface area contributed by atoms with Gasteiger partial charge in [0.25, 0.3) is 5.92 Å². The van der Waals surface area contributed by atoms with E-state index >= 15 is 0 Å². The van der Waals surface area contributed by atoms with E-state index in [1.165, 1.54) is 6.07 Å². The van der Waals surface area contributed by atoms with Crippen LogP contribution in [0.15, 0.2) is 18.3 Å². The number of hydrogen-bond acceptors (Lipinski definition) is 4. The average molecular weight is 305 g/mol. The second-order valence-corrected chi connectivity index (χ2v) is 4.61. The molecule has 2 aromatic rings. The SMILES string of the molecule is CC(F)(F)c1ncc(-c2ccc(Cl)c(N)n2)nc1Cl. The molecule has 0 aliphatic rings. The average Bonchev–Trinajstić information content (AvgIpc) is 2.31. The van der Waals surface area contributed by atoms with Crippen molar-refractivity contribution in [3.63, 3.8) is 0 Å². The van der Waals surface area contributed by atoms with E-state index in [-0.39, 0.29) is 16.7 Å². The third-order valence-electron chi connectivity index (χ3n) is 2.28. The van der Waals surface area contributed by atoms with E-state index in [2.05, 4.69) is 15.0 Å². The lowest BCUT2D eigenvalue weighted by molar-refractivity contribution is 0.0125. The van der Waals surface area contributed by atoms with Crippen LogP contribution >= 0.6 is 23.2 Å². The van der Waals surface area contributed by atoms with Crippen LogP contribution in [0.5, 0.6) is 0 Å². The second-order valence-electron chi connectivity index (χ2n) is 3.85. The molecular weight excluding hydrogens is 297 g/mol. The minimum Gasteiger partial charge on any atom is -0.382 e. The van der Waals surface area contributed by atoms with Crippen LogP contribution in [0.3, 0.4) is 0 Å². The molecule has 0 unspecified atom stereocenters. The number of anilines is 1. The summed E-state index contributed by atoms with van der Waals surface area (Å²) in [4.78, 5) is 11.4. The van der Waals surface area contributed by atoms with E-state index in [9.17, 15) is 8.78 Å². The van der Waals surface area contributed by atoms with Crippen molar-refractivity contribution in [1.29, 1.82) is 0 Å². The third-order valence-corrected chi connectivity index (χ3v) is 2.86. The summed E-state index contributed by atoms with van der Waals surface area (Å²) in [6, 6.07) is 3.07. The normalized spacial score (nSPS) is 11.6. The summed E-state index contributed by atoms with van der Waals surface area (Å²) in [7, 11) is 0. The predicted molar refractivity (Wildman–Crippen MR) is 69.3 cm³/mol. The topological polar surface area (TPSA) is 64.7 Å². The van der Waals surface area contributed by atoms with E-state index in [1.807, 2.05) is 0 Å². The van der Waals surface area contributed by atoms with Crippen molar-refractivity contribution in [3.8, 4) is 11.4 Å². The molecule has 0 fully saturated rings. The summed E-state index contributed by atoms with van der Waals surface area (Å²) in [6.07, 6.45) is 1.16. The number of hydrogen-bond donors (Lipinski definition) is 1. The van der Waals surface area contributed by atoms with E-state index < -0.39 is 11.6 Å². The summed E-state index contributed by atoms with van der Waals surface area (Å²) in [5, 5.41) is -0.0835. The lowest BCUT2D eigenvalue weighted by Gasteiger charge is -2.11. The first-order valence-electron chi connectivity index (χ1n) is 5.12. The molecule has 2 rings (SSSR count). The smallest absolute Gasteiger partial charge is 0.290 e. The molecule has 0 aliphatic heterocycles. The highest BCUT2D eigenvalue weighted by Gasteiger charge is 2.30. The van der Waals surface area contributed by atoms with Crippen molar-refractivity contribution < 1.29 is 8.78 Å². The molecule has 0 atom stereocenters. The number of nitrogens with zero attached hydrogens (tertiary/aromatic N) is 3. The molecule has 8 heteroatoms. The van der Waals surface area contributed by atoms with Gasteiger partial charge in [0.2, 0.25) is 0 Å². The zero-order valence-electron chi connectivity index (χ0n) is 9.66. The molecule has 0 aliphatic carbocycles. The van der Waals surface area contributed by atoms with Gasteiger partial charge in [-0.1, -0.05) is 23.2 Å². The van der Waals surface area contributed by atoms with Crippen molar-refractivity contribution in [2.45, 2.75) is 12.8 Å². The number of rotatable bonds is 2. The van der Waals surface area contributed by atoms with Gasteiger partial charge in [-0.15, -0.1) is 0 Å². The molecule has 0 aromatic carbocycles. The molecule has 4 nitrogen and oxygen atoms in total. The first-order chi connectivity index (χ1) is 8.79. The van der Waals surface area contributed by atoms with E-state index in [1.54, 1.807) is 6.07 Å². The lowest BCUT2D eigenvalue weighted by Crippen LogP contribution is -2.12. The minimum absolute atomic E-state index is 0.113. The Morgan fingerprint density at radius 3 is 2.37 bits per heavy atom. The molecule has 0 saturated carbocycles. The van der Waals surface area contributed by atoms with Crippen molar-refractivity contribution in [2.75, 3.05) is 5.73 Å². The van der Waals surface area contributed by atoms with Gasteiger partial charge >= 0.3 is 0 Å². The Balaban J connectivity index is 2.47. The number of halogens is 4. The Bertz CT molecular complexity index is 629. The van der Waals surface area contributed by atoms with Crippen LogP contribution in [0.4, 0.5) is 14.6 Å². The maximum atomic E-state index is 13.1. The van der Waals surface area contributed by atoms with Gasteiger partial charge in [-0.25, -0.2) is 15.0 Å². The zero-order chi connectivity index (χ0) is 14.2. The van der Waals surface area contributed by atoms with Crippen LogP contribution in [0.25, 0.3) is 11.4 Å². The van der Waals surface area contributed by atoms with Gasteiger partial charge in [-0.05, 0) is 12.1 Å². The Kier molecular flexibility index (Phi) is 3.56. The van der Waals surface area contributed by atoms with Crippen molar-refractivity contribution in [1.82, 2.24) is 15.0 Å². The monoisotopic (exact) mass is 304 g/mol. The van der Waals surface area contributed by atoms with Crippen LogP contribution in [0.2, 0.25) is 10.2 Å². The minimum atomic E-state index is -3.16. The van der Waals surface area contributed by atoms with Gasteiger partial charge in [0.15, 0.2) is 5.15 Å². The molecule has 100 valence electrons. The fourth-order valence-electron chi connectivity index (χ4n) is 1.38. The largest absolute Gasteiger partial charge is 0.382 e. The third kappa shape index (κ3) is 2.90. The molecular formula is C11H8Cl2F2N4. The zero-order valence-corrected chi connectivity index (χ0v) is 11.2. The van der Waals surface area contributed by atoms with Gasteiger partial charge in [0.1, 0.15) is 17.2 Å². The van der Waals surface area contributed by atoms with Crippen LogP contribution in [0, 0.1) is 0 Å². The quantitative estimate of drug-likeness (QED) is 0.921. The van der Waals surface area contributed by atoms with Crippen molar-refractivity contribution in [2.24, 2.45) is 0 Å². The number of alkyl halides is 2. The van der Waals surface area contributed by atoms with Crippen LogP contribution in [0.1, 0.15) is 12.6 Å². The predicted octanol–water partition coefficient (Wildman–Crippen LogP) is 3.54. The fraction of sp³-hybridized carbons (Fsp3) is 0.182. The number of nitrogens with two attached hydrogens (primary N) is 1. The Labute approximate surface area is 117 Å². The van der Waals surface area contributed by atoms with Gasteiger partial charge in [0, 0.05) is 6.92 Å². The van der Waals surface area contributed by atoms with E-state index in [0.717, 1.165) is 6.20 Å². The first kappa shape index (κ1) is 13.9. The van der Waals surface area contributed by atoms with Gasteiger partial charge in [-0.3, -0.25) is 0 Å².